The first-order valence-corrected chi connectivity index (χ1v) is 7.78. The summed E-state index contributed by atoms with van der Waals surface area (Å²) in [5, 5.41) is 11.9. The summed E-state index contributed by atoms with van der Waals surface area (Å²) in [6, 6.07) is 16.0. The lowest BCUT2D eigenvalue weighted by Gasteiger charge is -1.98. The number of aromatic nitrogens is 2. The number of carbonyl (C=O) groups is 1. The molecule has 0 saturated heterocycles. The Kier molecular flexibility index (Phi) is 4.93. The zero-order valence-electron chi connectivity index (χ0n) is 12.3. The summed E-state index contributed by atoms with van der Waals surface area (Å²) in [5.41, 5.74) is 4.88. The zero-order valence-corrected chi connectivity index (χ0v) is 13.8. The minimum absolute atomic E-state index is 0.290. The quantitative estimate of drug-likeness (QED) is 0.543. The molecule has 5 nitrogen and oxygen atoms in total. The summed E-state index contributed by atoms with van der Waals surface area (Å²) in [5.74, 6) is -0.397. The molecule has 24 heavy (non-hydrogen) atoms. The molecule has 3 aromatic rings. The van der Waals surface area contributed by atoms with E-state index in [1.807, 2.05) is 18.2 Å². The van der Waals surface area contributed by atoms with Crippen LogP contribution in [0.15, 0.2) is 59.7 Å². The second kappa shape index (κ2) is 7.29. The van der Waals surface area contributed by atoms with Crippen LogP contribution in [0.5, 0.6) is 0 Å². The summed E-state index contributed by atoms with van der Waals surface area (Å²) < 4.78 is 0. The third-order valence-electron chi connectivity index (χ3n) is 3.22. The van der Waals surface area contributed by atoms with Crippen molar-refractivity contribution in [3.05, 3.63) is 75.9 Å². The molecule has 1 heterocycles. The number of halogens is 2. The van der Waals surface area contributed by atoms with Gasteiger partial charge in [-0.3, -0.25) is 9.89 Å². The summed E-state index contributed by atoms with van der Waals surface area (Å²) in [6.07, 6.45) is 1.53. The van der Waals surface area contributed by atoms with Crippen LogP contribution in [0.2, 0.25) is 10.0 Å². The minimum Gasteiger partial charge on any atom is -0.272 e. The van der Waals surface area contributed by atoms with Crippen molar-refractivity contribution in [1.82, 2.24) is 15.6 Å². The fourth-order valence-electron chi connectivity index (χ4n) is 2.02. The number of nitrogens with one attached hydrogen (secondary N) is 2. The van der Waals surface area contributed by atoms with Gasteiger partial charge < -0.3 is 0 Å². The van der Waals surface area contributed by atoms with Crippen LogP contribution in [0, 0.1) is 0 Å². The van der Waals surface area contributed by atoms with Crippen LogP contribution >= 0.6 is 23.2 Å². The van der Waals surface area contributed by atoms with Crippen LogP contribution in [0.4, 0.5) is 0 Å². The van der Waals surface area contributed by atoms with Crippen LogP contribution in [0.3, 0.4) is 0 Å². The maximum atomic E-state index is 12.1. The van der Waals surface area contributed by atoms with Crippen LogP contribution in [0.1, 0.15) is 16.1 Å². The van der Waals surface area contributed by atoms with E-state index in [0.29, 0.717) is 15.7 Å². The Labute approximate surface area is 148 Å². The molecule has 0 saturated carbocycles. The van der Waals surface area contributed by atoms with Gasteiger partial charge in [0.1, 0.15) is 5.69 Å². The highest BCUT2D eigenvalue weighted by Gasteiger charge is 2.12. The molecule has 0 aliphatic heterocycles. The monoisotopic (exact) mass is 358 g/mol. The van der Waals surface area contributed by atoms with Gasteiger partial charge in [-0.05, 0) is 29.8 Å². The molecule has 1 aromatic heterocycles. The largest absolute Gasteiger partial charge is 0.289 e. The van der Waals surface area contributed by atoms with E-state index in [0.717, 1.165) is 11.1 Å². The van der Waals surface area contributed by atoms with Gasteiger partial charge >= 0.3 is 0 Å². The first-order chi connectivity index (χ1) is 11.6. The van der Waals surface area contributed by atoms with Crippen molar-refractivity contribution < 1.29 is 4.79 Å². The molecule has 7 heteroatoms. The molecule has 0 bridgehead atoms. The van der Waals surface area contributed by atoms with E-state index in [-0.39, 0.29) is 5.69 Å². The predicted octanol–water partition coefficient (Wildman–Crippen LogP) is 4.15. The second-order valence-corrected chi connectivity index (χ2v) is 5.74. The average Bonchev–Trinajstić information content (AvgIpc) is 3.07. The third kappa shape index (κ3) is 3.82. The summed E-state index contributed by atoms with van der Waals surface area (Å²) in [7, 11) is 0. The van der Waals surface area contributed by atoms with Gasteiger partial charge in [-0.25, -0.2) is 5.43 Å². The molecule has 0 fully saturated rings. The van der Waals surface area contributed by atoms with Gasteiger partial charge in [0.15, 0.2) is 0 Å². The van der Waals surface area contributed by atoms with Crippen molar-refractivity contribution in [2.75, 3.05) is 0 Å². The first-order valence-electron chi connectivity index (χ1n) is 7.03. The Bertz CT molecular complexity index is 888. The SMILES string of the molecule is O=C(NN=Cc1ccc(Cl)cc1)c1cc(-c2ccccc2Cl)n[nH]1. The summed E-state index contributed by atoms with van der Waals surface area (Å²) >= 11 is 11.9. The molecule has 0 aliphatic rings. The van der Waals surface area contributed by atoms with E-state index >= 15 is 0 Å². The fourth-order valence-corrected chi connectivity index (χ4v) is 2.38. The van der Waals surface area contributed by atoms with Crippen LogP contribution in [-0.4, -0.2) is 22.3 Å². The number of rotatable bonds is 4. The number of aromatic amines is 1. The van der Waals surface area contributed by atoms with Gasteiger partial charge in [0, 0.05) is 10.6 Å². The van der Waals surface area contributed by atoms with Gasteiger partial charge in [-0.15, -0.1) is 0 Å². The summed E-state index contributed by atoms with van der Waals surface area (Å²) in [4.78, 5) is 12.1. The number of carbonyl (C=O) groups excluding carboxylic acids is 1. The molecule has 0 atom stereocenters. The van der Waals surface area contributed by atoms with E-state index in [4.69, 9.17) is 23.2 Å². The maximum Gasteiger partial charge on any atom is 0.289 e. The van der Waals surface area contributed by atoms with Crippen molar-refractivity contribution in [2.45, 2.75) is 0 Å². The molecule has 120 valence electrons. The Morgan fingerprint density at radius 2 is 1.88 bits per heavy atom. The normalized spacial score (nSPS) is 10.9. The highest BCUT2D eigenvalue weighted by atomic mass is 35.5. The molecule has 0 aliphatic carbocycles. The molecule has 3 rings (SSSR count). The molecular formula is C17H12Cl2N4O. The number of nitrogens with zero attached hydrogens (tertiary/aromatic N) is 2. The van der Waals surface area contributed by atoms with Crippen molar-refractivity contribution in [2.24, 2.45) is 5.10 Å². The Hall–Kier alpha value is -2.63. The second-order valence-electron chi connectivity index (χ2n) is 4.90. The van der Waals surface area contributed by atoms with Gasteiger partial charge in [0.2, 0.25) is 0 Å². The summed E-state index contributed by atoms with van der Waals surface area (Å²) in [6.45, 7) is 0. The molecule has 0 radical (unpaired) electrons. The van der Waals surface area contributed by atoms with Gasteiger partial charge in [-0.1, -0.05) is 53.5 Å². The predicted molar refractivity (Wildman–Crippen MR) is 95.5 cm³/mol. The standard InChI is InChI=1S/C17H12Cl2N4O/c18-12-7-5-11(6-8-12)10-20-23-17(24)16-9-15(21-22-16)13-3-1-2-4-14(13)19/h1-10H,(H,21,22)(H,23,24). The molecule has 2 N–H and O–H groups in total. The molecular weight excluding hydrogens is 347 g/mol. The van der Waals surface area contributed by atoms with Crippen LogP contribution in [-0.2, 0) is 0 Å². The fraction of sp³-hybridized carbons (Fsp3) is 0. The van der Waals surface area contributed by atoms with Crippen molar-refractivity contribution in [3.8, 4) is 11.3 Å². The van der Waals surface area contributed by atoms with E-state index in [9.17, 15) is 4.79 Å². The number of benzene rings is 2. The van der Waals surface area contributed by atoms with Crippen molar-refractivity contribution in [3.63, 3.8) is 0 Å². The topological polar surface area (TPSA) is 70.1 Å². The number of hydrogen-bond donors (Lipinski definition) is 2. The Morgan fingerprint density at radius 3 is 2.62 bits per heavy atom. The number of hydrazone groups is 1. The lowest BCUT2D eigenvalue weighted by atomic mass is 10.1. The molecule has 2 aromatic carbocycles. The lowest BCUT2D eigenvalue weighted by molar-refractivity contribution is 0.0950. The highest BCUT2D eigenvalue weighted by Crippen LogP contribution is 2.26. The third-order valence-corrected chi connectivity index (χ3v) is 3.80. The van der Waals surface area contributed by atoms with Crippen LogP contribution < -0.4 is 5.43 Å². The molecule has 1 amide bonds. The van der Waals surface area contributed by atoms with E-state index in [1.165, 1.54) is 6.21 Å². The first kappa shape index (κ1) is 16.2. The van der Waals surface area contributed by atoms with Crippen molar-refractivity contribution in [1.29, 1.82) is 0 Å². The molecule has 0 spiro atoms. The Balaban J connectivity index is 1.68. The Morgan fingerprint density at radius 1 is 1.12 bits per heavy atom. The van der Waals surface area contributed by atoms with Crippen molar-refractivity contribution >= 4 is 35.3 Å². The van der Waals surface area contributed by atoms with E-state index in [2.05, 4.69) is 20.7 Å². The van der Waals surface area contributed by atoms with E-state index in [1.54, 1.807) is 36.4 Å². The minimum atomic E-state index is -0.397. The van der Waals surface area contributed by atoms with Gasteiger partial charge in [0.25, 0.3) is 5.91 Å². The smallest absolute Gasteiger partial charge is 0.272 e. The average molecular weight is 359 g/mol. The van der Waals surface area contributed by atoms with E-state index < -0.39 is 5.91 Å². The number of hydrogen-bond acceptors (Lipinski definition) is 3. The van der Waals surface area contributed by atoms with Gasteiger partial charge in [-0.2, -0.15) is 10.2 Å². The number of H-pyrrole nitrogens is 1. The molecule has 0 unspecified atom stereocenters. The highest BCUT2D eigenvalue weighted by molar-refractivity contribution is 6.33. The van der Waals surface area contributed by atoms with Gasteiger partial charge in [0.05, 0.1) is 16.9 Å². The maximum absolute atomic E-state index is 12.1. The lowest BCUT2D eigenvalue weighted by Crippen LogP contribution is -2.17. The zero-order chi connectivity index (χ0) is 16.9. The number of amides is 1. The van der Waals surface area contributed by atoms with Crippen LogP contribution in [0.25, 0.3) is 11.3 Å².